The predicted octanol–water partition coefficient (Wildman–Crippen LogP) is 2.34. The molecule has 1 fully saturated rings. The van der Waals surface area contributed by atoms with Crippen LogP contribution in [0.2, 0.25) is 0 Å². The lowest BCUT2D eigenvalue weighted by Gasteiger charge is -2.16. The van der Waals surface area contributed by atoms with Crippen LogP contribution in [0, 0.1) is 5.92 Å². The quantitative estimate of drug-likeness (QED) is 0.888. The van der Waals surface area contributed by atoms with E-state index in [4.69, 9.17) is 4.52 Å². The fourth-order valence-corrected chi connectivity index (χ4v) is 4.16. The second kappa shape index (κ2) is 6.66. The lowest BCUT2D eigenvalue weighted by atomic mass is 10.2. The highest BCUT2D eigenvalue weighted by Gasteiger charge is 2.21. The molecule has 0 aromatic carbocycles. The average Bonchev–Trinajstić information content (AvgIpc) is 2.78. The van der Waals surface area contributed by atoms with Crippen LogP contribution < -0.4 is 5.32 Å². The van der Waals surface area contributed by atoms with Crippen molar-refractivity contribution in [2.75, 3.05) is 23.8 Å². The van der Waals surface area contributed by atoms with Crippen molar-refractivity contribution in [3.8, 4) is 0 Å². The minimum absolute atomic E-state index is 0.413. The van der Waals surface area contributed by atoms with Gasteiger partial charge in [-0.05, 0) is 12.5 Å². The fourth-order valence-electron chi connectivity index (χ4n) is 1.58. The van der Waals surface area contributed by atoms with Crippen LogP contribution in [0.5, 0.6) is 0 Å². The topological polar surface area (TPSA) is 51.0 Å². The molecule has 1 aliphatic heterocycles. The monoisotopic (exact) mass is 273 g/mol. The van der Waals surface area contributed by atoms with Gasteiger partial charge in [-0.15, -0.1) is 11.8 Å². The highest BCUT2D eigenvalue weighted by Crippen LogP contribution is 2.34. The van der Waals surface area contributed by atoms with E-state index < -0.39 is 0 Å². The maximum Gasteiger partial charge on any atom is 0.240 e. The zero-order valence-corrected chi connectivity index (χ0v) is 11.9. The zero-order chi connectivity index (χ0) is 12.1. The largest absolute Gasteiger partial charge is 0.338 e. The van der Waals surface area contributed by atoms with E-state index in [9.17, 15) is 0 Å². The molecule has 2 rings (SSSR count). The van der Waals surface area contributed by atoms with Gasteiger partial charge in [-0.25, -0.2) is 0 Å². The first kappa shape index (κ1) is 13.2. The Labute approximate surface area is 111 Å². The van der Waals surface area contributed by atoms with E-state index in [0.717, 1.165) is 18.1 Å². The highest BCUT2D eigenvalue weighted by molar-refractivity contribution is 8.06. The number of thioether (sulfide) groups is 2. The second-order valence-electron chi connectivity index (χ2n) is 4.51. The first-order chi connectivity index (χ1) is 8.25. The molecule has 1 atom stereocenters. The van der Waals surface area contributed by atoms with Gasteiger partial charge in [0.05, 0.1) is 11.8 Å². The molecule has 17 heavy (non-hydrogen) atoms. The van der Waals surface area contributed by atoms with E-state index >= 15 is 0 Å². The standard InChI is InChI=1S/C11H19N3OS2/c1-8(2)5-12-6-10-13-11(14-15-10)9-7-16-3-4-17-9/h8-9,12H,3-7H2,1-2H3. The number of rotatable bonds is 5. The van der Waals surface area contributed by atoms with E-state index in [0.29, 0.717) is 23.6 Å². The Morgan fingerprint density at radius 1 is 1.47 bits per heavy atom. The van der Waals surface area contributed by atoms with Crippen LogP contribution in [0.25, 0.3) is 0 Å². The van der Waals surface area contributed by atoms with Crippen LogP contribution >= 0.6 is 23.5 Å². The smallest absolute Gasteiger partial charge is 0.240 e. The molecule has 1 unspecified atom stereocenters. The maximum atomic E-state index is 5.25. The molecule has 2 heterocycles. The maximum absolute atomic E-state index is 5.25. The van der Waals surface area contributed by atoms with Crippen molar-refractivity contribution in [2.24, 2.45) is 5.92 Å². The van der Waals surface area contributed by atoms with E-state index in [2.05, 4.69) is 29.3 Å². The van der Waals surface area contributed by atoms with Crippen molar-refractivity contribution < 1.29 is 4.52 Å². The summed E-state index contributed by atoms with van der Waals surface area (Å²) in [5.41, 5.74) is 0. The first-order valence-corrected chi connectivity index (χ1v) is 8.18. The SMILES string of the molecule is CC(C)CNCc1nc(C2CSCCS2)no1. The van der Waals surface area contributed by atoms with Crippen molar-refractivity contribution in [3.05, 3.63) is 11.7 Å². The minimum atomic E-state index is 0.413. The van der Waals surface area contributed by atoms with Gasteiger partial charge in [-0.3, -0.25) is 0 Å². The summed E-state index contributed by atoms with van der Waals surface area (Å²) in [6, 6.07) is 0. The molecule has 0 amide bonds. The zero-order valence-electron chi connectivity index (χ0n) is 10.3. The molecule has 1 aliphatic rings. The van der Waals surface area contributed by atoms with Gasteiger partial charge in [0, 0.05) is 17.3 Å². The third-order valence-corrected chi connectivity index (χ3v) is 5.17. The summed E-state index contributed by atoms with van der Waals surface area (Å²) in [6.45, 7) is 6.02. The number of hydrogen-bond donors (Lipinski definition) is 1. The van der Waals surface area contributed by atoms with Gasteiger partial charge in [0.2, 0.25) is 5.89 Å². The van der Waals surface area contributed by atoms with Crippen LogP contribution in [-0.2, 0) is 6.54 Å². The third-order valence-electron chi connectivity index (χ3n) is 2.42. The fraction of sp³-hybridized carbons (Fsp3) is 0.818. The molecule has 0 bridgehead atoms. The Morgan fingerprint density at radius 3 is 3.06 bits per heavy atom. The number of nitrogens with zero attached hydrogens (tertiary/aromatic N) is 2. The molecule has 1 aromatic heterocycles. The molecule has 1 saturated heterocycles. The summed E-state index contributed by atoms with van der Waals surface area (Å²) in [5, 5.41) is 7.80. The van der Waals surface area contributed by atoms with E-state index in [-0.39, 0.29) is 0 Å². The van der Waals surface area contributed by atoms with Gasteiger partial charge < -0.3 is 9.84 Å². The lowest BCUT2D eigenvalue weighted by Crippen LogP contribution is -2.19. The second-order valence-corrected chi connectivity index (χ2v) is 6.97. The van der Waals surface area contributed by atoms with Crippen molar-refractivity contribution in [2.45, 2.75) is 25.6 Å². The Bertz CT molecular complexity index is 337. The van der Waals surface area contributed by atoms with Crippen LogP contribution in [0.4, 0.5) is 0 Å². The van der Waals surface area contributed by atoms with E-state index in [1.54, 1.807) is 0 Å². The van der Waals surface area contributed by atoms with Gasteiger partial charge in [0.25, 0.3) is 0 Å². The summed E-state index contributed by atoms with van der Waals surface area (Å²) < 4.78 is 5.25. The molecule has 0 spiro atoms. The van der Waals surface area contributed by atoms with Crippen LogP contribution in [-0.4, -0.2) is 33.9 Å². The van der Waals surface area contributed by atoms with Gasteiger partial charge in [-0.1, -0.05) is 19.0 Å². The first-order valence-electron chi connectivity index (χ1n) is 5.98. The van der Waals surface area contributed by atoms with Crippen molar-refractivity contribution in [1.29, 1.82) is 0 Å². The van der Waals surface area contributed by atoms with Gasteiger partial charge in [0.1, 0.15) is 0 Å². The minimum Gasteiger partial charge on any atom is -0.338 e. The summed E-state index contributed by atoms with van der Waals surface area (Å²) in [5.74, 6) is 5.73. The van der Waals surface area contributed by atoms with E-state index in [1.807, 2.05) is 23.5 Å². The Hall–Kier alpha value is -0.200. The molecule has 1 aromatic rings. The molecule has 1 N–H and O–H groups in total. The molecular formula is C11H19N3OS2. The van der Waals surface area contributed by atoms with Crippen LogP contribution in [0.1, 0.15) is 30.8 Å². The van der Waals surface area contributed by atoms with Gasteiger partial charge >= 0.3 is 0 Å². The van der Waals surface area contributed by atoms with Crippen molar-refractivity contribution in [1.82, 2.24) is 15.5 Å². The van der Waals surface area contributed by atoms with Crippen molar-refractivity contribution in [3.63, 3.8) is 0 Å². The predicted molar refractivity (Wildman–Crippen MR) is 73.4 cm³/mol. The molecular weight excluding hydrogens is 254 g/mol. The normalized spacial score (nSPS) is 21.0. The van der Waals surface area contributed by atoms with Crippen molar-refractivity contribution >= 4 is 23.5 Å². The molecule has 6 heteroatoms. The Kier molecular flexibility index (Phi) is 5.18. The third kappa shape index (κ3) is 4.19. The van der Waals surface area contributed by atoms with Gasteiger partial charge in [-0.2, -0.15) is 16.7 Å². The Balaban J connectivity index is 1.82. The highest BCUT2D eigenvalue weighted by atomic mass is 32.2. The average molecular weight is 273 g/mol. The summed E-state index contributed by atoms with van der Waals surface area (Å²) in [6.07, 6.45) is 0. The molecule has 0 saturated carbocycles. The van der Waals surface area contributed by atoms with Crippen LogP contribution in [0.15, 0.2) is 4.52 Å². The van der Waals surface area contributed by atoms with Gasteiger partial charge in [0.15, 0.2) is 5.82 Å². The molecule has 4 nitrogen and oxygen atoms in total. The molecule has 96 valence electrons. The van der Waals surface area contributed by atoms with Crippen LogP contribution in [0.3, 0.4) is 0 Å². The molecule has 0 radical (unpaired) electrons. The summed E-state index contributed by atoms with van der Waals surface area (Å²) in [4.78, 5) is 4.46. The number of hydrogen-bond acceptors (Lipinski definition) is 6. The summed E-state index contributed by atoms with van der Waals surface area (Å²) >= 11 is 3.90. The molecule has 0 aliphatic carbocycles. The summed E-state index contributed by atoms with van der Waals surface area (Å²) in [7, 11) is 0. The number of aromatic nitrogens is 2. The number of nitrogens with one attached hydrogen (secondary N) is 1. The lowest BCUT2D eigenvalue weighted by molar-refractivity contribution is 0.359. The van der Waals surface area contributed by atoms with E-state index in [1.165, 1.54) is 11.5 Å². The Morgan fingerprint density at radius 2 is 2.35 bits per heavy atom.